The highest BCUT2D eigenvalue weighted by Crippen LogP contribution is 2.48. The molecule has 0 aliphatic carbocycles. The zero-order valence-electron chi connectivity index (χ0n) is 14.9. The number of aliphatic hydroxyl groups is 1. The molecule has 2 aromatic rings. The number of nitrogens with one attached hydrogen (secondary N) is 1. The molecule has 2 N–H and O–H groups in total. The summed E-state index contributed by atoms with van der Waals surface area (Å²) in [5.74, 6) is 0.324. The van der Waals surface area contributed by atoms with E-state index in [4.69, 9.17) is 0 Å². The van der Waals surface area contributed by atoms with Gasteiger partial charge in [-0.25, -0.2) is 0 Å². The minimum absolute atomic E-state index is 0.157. The number of hydrogen-bond acceptors (Lipinski definition) is 2. The van der Waals surface area contributed by atoms with Crippen molar-refractivity contribution in [2.75, 3.05) is 0 Å². The molecule has 2 heteroatoms. The molecule has 0 radical (unpaired) electrons. The monoisotopic (exact) mass is 323 g/mol. The van der Waals surface area contributed by atoms with Crippen molar-refractivity contribution in [2.45, 2.75) is 51.3 Å². The molecular formula is C22H29NO. The van der Waals surface area contributed by atoms with Gasteiger partial charge >= 0.3 is 0 Å². The zero-order chi connectivity index (χ0) is 17.2. The molecule has 0 aromatic heterocycles. The average molecular weight is 323 g/mol. The lowest BCUT2D eigenvalue weighted by atomic mass is 9.64. The van der Waals surface area contributed by atoms with E-state index in [9.17, 15) is 5.11 Å². The Hall–Kier alpha value is -1.64. The molecule has 0 saturated carbocycles. The SMILES string of the molecule is CCCC1(O)[C@@H](C)[C@@H](c2ccccc2)N[C@H](c2ccccc2)[C@@H]1C. The predicted octanol–water partition coefficient (Wildman–Crippen LogP) is 4.88. The summed E-state index contributed by atoms with van der Waals surface area (Å²) >= 11 is 0. The molecule has 1 aliphatic rings. The van der Waals surface area contributed by atoms with E-state index in [-0.39, 0.29) is 23.9 Å². The number of piperidine rings is 1. The van der Waals surface area contributed by atoms with Crippen molar-refractivity contribution in [3.05, 3.63) is 71.8 Å². The lowest BCUT2D eigenvalue weighted by Crippen LogP contribution is -2.57. The van der Waals surface area contributed by atoms with E-state index in [2.05, 4.69) is 74.6 Å². The second-order valence-electron chi connectivity index (χ2n) is 7.26. The molecule has 0 bridgehead atoms. The Balaban J connectivity index is 2.02. The summed E-state index contributed by atoms with van der Waals surface area (Å²) in [6, 6.07) is 21.4. The summed E-state index contributed by atoms with van der Waals surface area (Å²) in [7, 11) is 0. The molecule has 24 heavy (non-hydrogen) atoms. The Labute approximate surface area is 145 Å². The number of rotatable bonds is 4. The zero-order valence-corrected chi connectivity index (χ0v) is 14.9. The number of hydrogen-bond donors (Lipinski definition) is 2. The smallest absolute Gasteiger partial charge is 0.0734 e. The molecule has 2 aromatic carbocycles. The summed E-state index contributed by atoms with van der Waals surface area (Å²) < 4.78 is 0. The van der Waals surface area contributed by atoms with Crippen molar-refractivity contribution >= 4 is 0 Å². The van der Waals surface area contributed by atoms with Crippen molar-refractivity contribution in [1.82, 2.24) is 5.32 Å². The molecule has 128 valence electrons. The molecule has 1 aliphatic heterocycles. The van der Waals surface area contributed by atoms with Crippen LogP contribution in [-0.4, -0.2) is 10.7 Å². The van der Waals surface area contributed by atoms with Crippen LogP contribution in [0.1, 0.15) is 56.8 Å². The van der Waals surface area contributed by atoms with Gasteiger partial charge in [-0.3, -0.25) is 0 Å². The van der Waals surface area contributed by atoms with E-state index in [1.165, 1.54) is 11.1 Å². The van der Waals surface area contributed by atoms with Crippen LogP contribution in [0, 0.1) is 11.8 Å². The molecule has 0 unspecified atom stereocenters. The second-order valence-corrected chi connectivity index (χ2v) is 7.26. The van der Waals surface area contributed by atoms with E-state index in [0.717, 1.165) is 12.8 Å². The molecule has 1 saturated heterocycles. The van der Waals surface area contributed by atoms with Gasteiger partial charge in [0.15, 0.2) is 0 Å². The summed E-state index contributed by atoms with van der Waals surface area (Å²) in [5.41, 5.74) is 1.85. The minimum Gasteiger partial charge on any atom is -0.389 e. The highest BCUT2D eigenvalue weighted by molar-refractivity contribution is 5.27. The largest absolute Gasteiger partial charge is 0.389 e. The fraction of sp³-hybridized carbons (Fsp3) is 0.455. The van der Waals surface area contributed by atoms with E-state index in [1.807, 2.05) is 12.1 Å². The third kappa shape index (κ3) is 3.01. The maximum absolute atomic E-state index is 11.6. The van der Waals surface area contributed by atoms with Gasteiger partial charge in [0.25, 0.3) is 0 Å². The second kappa shape index (κ2) is 7.08. The summed E-state index contributed by atoms with van der Waals surface area (Å²) in [6.07, 6.45) is 1.83. The Morgan fingerprint density at radius 1 is 0.833 bits per heavy atom. The maximum Gasteiger partial charge on any atom is 0.0734 e. The van der Waals surface area contributed by atoms with Crippen LogP contribution in [-0.2, 0) is 0 Å². The van der Waals surface area contributed by atoms with Gasteiger partial charge < -0.3 is 10.4 Å². The van der Waals surface area contributed by atoms with Gasteiger partial charge in [0.2, 0.25) is 0 Å². The number of benzene rings is 2. The molecule has 4 atom stereocenters. The molecule has 0 amide bonds. The standard InChI is InChI=1S/C22H29NO/c1-4-15-22(24)16(2)20(18-11-7-5-8-12-18)23-21(17(22)3)19-13-9-6-10-14-19/h5-14,16-17,20-21,23-24H,4,15H2,1-3H3/t16-,17-,20-,21-/m0/s1. The van der Waals surface area contributed by atoms with Crippen LogP contribution in [0.4, 0.5) is 0 Å². The Morgan fingerprint density at radius 2 is 1.25 bits per heavy atom. The topological polar surface area (TPSA) is 32.3 Å². The van der Waals surface area contributed by atoms with Crippen molar-refractivity contribution in [1.29, 1.82) is 0 Å². The Morgan fingerprint density at radius 3 is 1.62 bits per heavy atom. The molecular weight excluding hydrogens is 294 g/mol. The van der Waals surface area contributed by atoms with Gasteiger partial charge in [-0.1, -0.05) is 87.9 Å². The lowest BCUT2D eigenvalue weighted by Gasteiger charge is -2.52. The summed E-state index contributed by atoms with van der Waals surface area (Å²) in [5, 5.41) is 15.5. The van der Waals surface area contributed by atoms with E-state index in [0.29, 0.717) is 0 Å². The fourth-order valence-electron chi connectivity index (χ4n) is 4.42. The van der Waals surface area contributed by atoms with Crippen LogP contribution in [0.3, 0.4) is 0 Å². The first kappa shape index (κ1) is 17.2. The average Bonchev–Trinajstić information content (AvgIpc) is 2.62. The van der Waals surface area contributed by atoms with Crippen molar-refractivity contribution in [3.8, 4) is 0 Å². The van der Waals surface area contributed by atoms with Crippen molar-refractivity contribution < 1.29 is 5.11 Å². The van der Waals surface area contributed by atoms with Gasteiger partial charge in [-0.05, 0) is 17.5 Å². The molecule has 1 heterocycles. The first-order valence-electron chi connectivity index (χ1n) is 9.16. The predicted molar refractivity (Wildman–Crippen MR) is 99.7 cm³/mol. The molecule has 2 nitrogen and oxygen atoms in total. The van der Waals surface area contributed by atoms with Gasteiger partial charge in [-0.2, -0.15) is 0 Å². The molecule has 1 fully saturated rings. The lowest BCUT2D eigenvalue weighted by molar-refractivity contribution is -0.116. The van der Waals surface area contributed by atoms with Crippen LogP contribution < -0.4 is 5.32 Å². The van der Waals surface area contributed by atoms with Gasteiger partial charge in [0.1, 0.15) is 0 Å². The van der Waals surface area contributed by atoms with E-state index >= 15 is 0 Å². The minimum atomic E-state index is -0.666. The third-order valence-corrected chi connectivity index (χ3v) is 5.90. The van der Waals surface area contributed by atoms with Crippen molar-refractivity contribution in [3.63, 3.8) is 0 Å². The summed E-state index contributed by atoms with van der Waals surface area (Å²) in [6.45, 7) is 6.55. The van der Waals surface area contributed by atoms with E-state index < -0.39 is 5.60 Å². The highest BCUT2D eigenvalue weighted by atomic mass is 16.3. The highest BCUT2D eigenvalue weighted by Gasteiger charge is 2.50. The van der Waals surface area contributed by atoms with Gasteiger partial charge in [0, 0.05) is 23.9 Å². The third-order valence-electron chi connectivity index (χ3n) is 5.90. The maximum atomic E-state index is 11.6. The Kier molecular flexibility index (Phi) is 5.07. The summed E-state index contributed by atoms with van der Waals surface area (Å²) in [4.78, 5) is 0. The van der Waals surface area contributed by atoms with Crippen LogP contribution >= 0.6 is 0 Å². The van der Waals surface area contributed by atoms with Crippen LogP contribution in [0.5, 0.6) is 0 Å². The first-order valence-corrected chi connectivity index (χ1v) is 9.16. The normalized spacial score (nSPS) is 33.3. The molecule has 0 spiro atoms. The van der Waals surface area contributed by atoms with Gasteiger partial charge in [-0.15, -0.1) is 0 Å². The quantitative estimate of drug-likeness (QED) is 0.841. The fourth-order valence-corrected chi connectivity index (χ4v) is 4.42. The van der Waals surface area contributed by atoms with Gasteiger partial charge in [0.05, 0.1) is 5.60 Å². The van der Waals surface area contributed by atoms with E-state index in [1.54, 1.807) is 0 Å². The molecule has 3 rings (SSSR count). The first-order chi connectivity index (χ1) is 11.6. The van der Waals surface area contributed by atoms with Crippen molar-refractivity contribution in [2.24, 2.45) is 11.8 Å². The van der Waals surface area contributed by atoms with Crippen LogP contribution in [0.2, 0.25) is 0 Å². The van der Waals surface area contributed by atoms with Crippen LogP contribution in [0.25, 0.3) is 0 Å². The Bertz CT molecular complexity index is 588. The van der Waals surface area contributed by atoms with Crippen LogP contribution in [0.15, 0.2) is 60.7 Å².